The second-order valence-electron chi connectivity index (χ2n) is 10.8. The number of methoxy groups -OCH3 is 1. The van der Waals surface area contributed by atoms with Gasteiger partial charge in [-0.1, -0.05) is 140 Å². The van der Waals surface area contributed by atoms with Crippen LogP contribution in [-0.4, -0.2) is 19.0 Å². The van der Waals surface area contributed by atoms with Crippen LogP contribution >= 0.6 is 7.92 Å². The van der Waals surface area contributed by atoms with Gasteiger partial charge in [0.1, 0.15) is 5.56 Å². The van der Waals surface area contributed by atoms with Gasteiger partial charge in [-0.15, -0.1) is 0 Å². The Kier molecular flexibility index (Phi) is 8.12. The number of fused-ring (bicyclic) bond motifs is 2. The van der Waals surface area contributed by atoms with Crippen LogP contribution in [0.3, 0.4) is 0 Å². The summed E-state index contributed by atoms with van der Waals surface area (Å²) in [5, 5.41) is 7.15. The van der Waals surface area contributed by atoms with E-state index < -0.39 is 19.9 Å². The fraction of sp³-hybridized carbons (Fsp3) is 0.0244. The summed E-state index contributed by atoms with van der Waals surface area (Å²) in [6, 6.07) is 52.0. The first kappa shape index (κ1) is 29.2. The van der Waals surface area contributed by atoms with Crippen LogP contribution in [0, 0.1) is 0 Å². The lowest BCUT2D eigenvalue weighted by atomic mass is 9.90. The molecule has 7 aromatic rings. The number of esters is 2. The van der Waals surface area contributed by atoms with Crippen LogP contribution in [-0.2, 0) is 4.74 Å². The SMILES string of the molecule is COC(=O)c1cc2ccccc2c(-c2c(P(c3ccccc3)c3ccccc3)ccc3ccccc23)c1OC(=O)c1ccccc1. The average Bonchev–Trinajstić information content (AvgIpc) is 3.12. The van der Waals surface area contributed by atoms with E-state index in [0.29, 0.717) is 11.1 Å². The Balaban J connectivity index is 1.63. The number of hydrogen-bond donors (Lipinski definition) is 0. The summed E-state index contributed by atoms with van der Waals surface area (Å²) < 4.78 is 11.6. The lowest BCUT2D eigenvalue weighted by molar-refractivity contribution is 0.0593. The Morgan fingerprint density at radius 2 is 1.04 bits per heavy atom. The van der Waals surface area contributed by atoms with Gasteiger partial charge in [0.05, 0.1) is 12.7 Å². The molecule has 7 rings (SSSR count). The summed E-state index contributed by atoms with van der Waals surface area (Å²) in [4.78, 5) is 27.2. The zero-order valence-corrected chi connectivity index (χ0v) is 26.0. The normalized spacial score (nSPS) is 11.1. The van der Waals surface area contributed by atoms with Crippen molar-refractivity contribution in [3.05, 3.63) is 169 Å². The van der Waals surface area contributed by atoms with Crippen molar-refractivity contribution in [2.24, 2.45) is 0 Å². The third-order valence-corrected chi connectivity index (χ3v) is 10.5. The van der Waals surface area contributed by atoms with E-state index in [1.165, 1.54) is 17.7 Å². The van der Waals surface area contributed by atoms with Gasteiger partial charge < -0.3 is 9.47 Å². The predicted octanol–water partition coefficient (Wildman–Crippen LogP) is 8.42. The molecule has 0 amide bonds. The highest BCUT2D eigenvalue weighted by Crippen LogP contribution is 2.47. The molecule has 0 bridgehead atoms. The average molecular weight is 617 g/mol. The minimum atomic E-state index is -1.08. The molecule has 7 aromatic carbocycles. The summed E-state index contributed by atoms with van der Waals surface area (Å²) in [5.74, 6) is -0.969. The van der Waals surface area contributed by atoms with Gasteiger partial charge in [0.25, 0.3) is 0 Å². The van der Waals surface area contributed by atoms with Crippen LogP contribution in [0.1, 0.15) is 20.7 Å². The fourth-order valence-corrected chi connectivity index (χ4v) is 8.44. The van der Waals surface area contributed by atoms with Gasteiger partial charge in [0.15, 0.2) is 5.75 Å². The van der Waals surface area contributed by atoms with Crippen molar-refractivity contribution in [3.8, 4) is 16.9 Å². The molecule has 0 fully saturated rings. The van der Waals surface area contributed by atoms with Crippen molar-refractivity contribution in [2.75, 3.05) is 7.11 Å². The van der Waals surface area contributed by atoms with Crippen LogP contribution in [0.15, 0.2) is 158 Å². The van der Waals surface area contributed by atoms with Crippen molar-refractivity contribution < 1.29 is 19.1 Å². The molecule has 0 unspecified atom stereocenters. The Hall–Kier alpha value is -5.57. The molecule has 222 valence electrons. The van der Waals surface area contributed by atoms with E-state index in [2.05, 4.69) is 72.8 Å². The quantitative estimate of drug-likeness (QED) is 0.103. The molecule has 5 heteroatoms. The van der Waals surface area contributed by atoms with Gasteiger partial charge in [0.2, 0.25) is 0 Å². The first-order valence-electron chi connectivity index (χ1n) is 15.0. The molecule has 0 radical (unpaired) electrons. The maximum atomic E-state index is 13.8. The van der Waals surface area contributed by atoms with E-state index in [4.69, 9.17) is 9.47 Å². The monoisotopic (exact) mass is 616 g/mol. The number of hydrogen-bond acceptors (Lipinski definition) is 4. The largest absolute Gasteiger partial charge is 0.465 e. The van der Waals surface area contributed by atoms with Crippen molar-refractivity contribution >= 4 is 57.3 Å². The molecule has 0 saturated carbocycles. The summed E-state index contributed by atoms with van der Waals surface area (Å²) in [6.45, 7) is 0. The third kappa shape index (κ3) is 5.45. The molecule has 4 nitrogen and oxygen atoms in total. The topological polar surface area (TPSA) is 52.6 Å². The highest BCUT2D eigenvalue weighted by molar-refractivity contribution is 7.80. The number of ether oxygens (including phenoxy) is 2. The molecule has 0 spiro atoms. The molecule has 0 heterocycles. The van der Waals surface area contributed by atoms with Crippen LogP contribution in [0.2, 0.25) is 0 Å². The minimum absolute atomic E-state index is 0.174. The molecule has 0 aliphatic rings. The number of benzene rings is 7. The third-order valence-electron chi connectivity index (χ3n) is 8.04. The van der Waals surface area contributed by atoms with Crippen LogP contribution in [0.25, 0.3) is 32.7 Å². The van der Waals surface area contributed by atoms with E-state index in [-0.39, 0.29) is 11.3 Å². The summed E-state index contributed by atoms with van der Waals surface area (Å²) in [5.41, 5.74) is 2.15. The second kappa shape index (κ2) is 12.8. The van der Waals surface area contributed by atoms with Crippen LogP contribution in [0.4, 0.5) is 0 Å². The Morgan fingerprint density at radius 1 is 0.522 bits per heavy atom. The summed E-state index contributed by atoms with van der Waals surface area (Å²) >= 11 is 0. The zero-order chi connectivity index (χ0) is 31.5. The predicted molar refractivity (Wildman–Crippen MR) is 188 cm³/mol. The van der Waals surface area contributed by atoms with Crippen molar-refractivity contribution in [1.29, 1.82) is 0 Å². The van der Waals surface area contributed by atoms with Crippen LogP contribution < -0.4 is 20.7 Å². The molecular weight excluding hydrogens is 587 g/mol. The van der Waals surface area contributed by atoms with Crippen molar-refractivity contribution in [1.82, 2.24) is 0 Å². The smallest absolute Gasteiger partial charge is 0.343 e. The second-order valence-corrected chi connectivity index (χ2v) is 13.0. The van der Waals surface area contributed by atoms with Gasteiger partial charge in [-0.25, -0.2) is 9.59 Å². The Morgan fingerprint density at radius 3 is 1.65 bits per heavy atom. The van der Waals surface area contributed by atoms with Gasteiger partial charge in [-0.05, 0) is 63.6 Å². The number of carbonyl (C=O) groups is 2. The van der Waals surface area contributed by atoms with E-state index in [1.807, 2.05) is 54.6 Å². The summed E-state index contributed by atoms with van der Waals surface area (Å²) in [7, 11) is 0.260. The van der Waals surface area contributed by atoms with Gasteiger partial charge >= 0.3 is 11.9 Å². The Labute approximate surface area is 268 Å². The summed E-state index contributed by atoms with van der Waals surface area (Å²) in [6.07, 6.45) is 0. The lowest BCUT2D eigenvalue weighted by Crippen LogP contribution is -2.23. The Bertz CT molecular complexity index is 2160. The van der Waals surface area contributed by atoms with E-state index in [1.54, 1.807) is 30.3 Å². The molecule has 0 aliphatic heterocycles. The molecule has 0 N–H and O–H groups in total. The highest BCUT2D eigenvalue weighted by Gasteiger charge is 2.29. The van der Waals surface area contributed by atoms with Crippen molar-refractivity contribution in [2.45, 2.75) is 0 Å². The minimum Gasteiger partial charge on any atom is -0.465 e. The first-order valence-corrected chi connectivity index (χ1v) is 16.3. The van der Waals surface area contributed by atoms with Crippen molar-refractivity contribution in [3.63, 3.8) is 0 Å². The van der Waals surface area contributed by atoms with Gasteiger partial charge in [-0.3, -0.25) is 0 Å². The standard InChI is InChI=1S/C41H29O4P/c1-44-41(43)35-27-30-18-12-14-24-34(30)38(39(35)45-40(42)29-16-5-2-6-17-29)37-33-23-13-11-15-28(33)25-26-36(37)46(31-19-7-3-8-20-31)32-21-9-4-10-22-32/h2-27H,1H3. The van der Waals surface area contributed by atoms with E-state index in [0.717, 1.165) is 32.4 Å². The van der Waals surface area contributed by atoms with E-state index in [9.17, 15) is 9.59 Å². The van der Waals surface area contributed by atoms with Gasteiger partial charge in [-0.2, -0.15) is 0 Å². The molecule has 0 aliphatic carbocycles. The zero-order valence-electron chi connectivity index (χ0n) is 25.1. The van der Waals surface area contributed by atoms with Gasteiger partial charge in [0, 0.05) is 11.1 Å². The molecular formula is C41H29O4P. The van der Waals surface area contributed by atoms with Crippen LogP contribution in [0.5, 0.6) is 5.75 Å². The van der Waals surface area contributed by atoms with E-state index >= 15 is 0 Å². The maximum absolute atomic E-state index is 13.8. The molecule has 0 saturated heterocycles. The lowest BCUT2D eigenvalue weighted by Gasteiger charge is -2.26. The fourth-order valence-electron chi connectivity index (χ4n) is 5.96. The maximum Gasteiger partial charge on any atom is 0.343 e. The molecule has 0 aromatic heterocycles. The highest BCUT2D eigenvalue weighted by atomic mass is 31.1. The number of rotatable bonds is 7. The first-order chi connectivity index (χ1) is 22.6. The molecule has 46 heavy (non-hydrogen) atoms. The number of carbonyl (C=O) groups excluding carboxylic acids is 2. The molecule has 0 atom stereocenters.